The molecule has 0 aromatic heterocycles. The zero-order valence-electron chi connectivity index (χ0n) is 24.3. The highest BCUT2D eigenvalue weighted by molar-refractivity contribution is 5.69. The normalized spacial score (nSPS) is 21.7. The number of hydrogen-bond donors (Lipinski definition) is 0. The van der Waals surface area contributed by atoms with Crippen LogP contribution in [0.2, 0.25) is 0 Å². The molecule has 4 rings (SSSR count). The lowest BCUT2D eigenvalue weighted by molar-refractivity contribution is -0.303. The van der Waals surface area contributed by atoms with Crippen molar-refractivity contribution in [3.05, 3.63) is 108 Å². The first kappa shape index (κ1) is 31.4. The van der Waals surface area contributed by atoms with E-state index in [-0.39, 0.29) is 6.61 Å². The Balaban J connectivity index is 1.83. The molecule has 1 heterocycles. The molecular formula is C33H34O10. The van der Waals surface area contributed by atoms with Crippen LogP contribution in [0.5, 0.6) is 0 Å². The van der Waals surface area contributed by atoms with Crippen molar-refractivity contribution >= 4 is 23.9 Å². The summed E-state index contributed by atoms with van der Waals surface area (Å²) in [6, 6.07) is 28.7. The van der Waals surface area contributed by atoms with Crippen LogP contribution in [0, 0.1) is 0 Å². The molecule has 0 spiro atoms. The van der Waals surface area contributed by atoms with Crippen molar-refractivity contribution < 1.29 is 47.6 Å². The van der Waals surface area contributed by atoms with Crippen LogP contribution in [-0.4, -0.2) is 61.2 Å². The third-order valence-electron chi connectivity index (χ3n) is 6.78. The standard InChI is InChI=1S/C33H34O10/c1-21(34)39-29-28(43-32(42-24(4)37)31(41-23(3)36)30(29)40-22(2)35)20-38-33(25-14-8-5-9-15-25,26-16-10-6-11-17-26)27-18-12-7-13-19-27/h5-19,28-32H,20H2,1-4H3/t28-,29-,30+,31+,32-/m1/s1. The maximum atomic E-state index is 12.3. The average molecular weight is 591 g/mol. The number of hydrogen-bond acceptors (Lipinski definition) is 10. The van der Waals surface area contributed by atoms with Gasteiger partial charge in [-0.05, 0) is 16.7 Å². The molecule has 0 aliphatic carbocycles. The monoisotopic (exact) mass is 590 g/mol. The van der Waals surface area contributed by atoms with Crippen LogP contribution in [0.1, 0.15) is 44.4 Å². The summed E-state index contributed by atoms with van der Waals surface area (Å²) in [5.74, 6) is -2.93. The van der Waals surface area contributed by atoms with Crippen LogP contribution in [-0.2, 0) is 53.2 Å². The van der Waals surface area contributed by atoms with Gasteiger partial charge in [-0.3, -0.25) is 19.2 Å². The van der Waals surface area contributed by atoms with E-state index in [1.165, 1.54) is 6.92 Å². The van der Waals surface area contributed by atoms with E-state index in [9.17, 15) is 19.2 Å². The van der Waals surface area contributed by atoms with E-state index in [1.54, 1.807) is 0 Å². The summed E-state index contributed by atoms with van der Waals surface area (Å²) in [5, 5.41) is 0. The Labute approximate surface area is 249 Å². The molecular weight excluding hydrogens is 556 g/mol. The Morgan fingerprint density at radius 3 is 1.33 bits per heavy atom. The Bertz CT molecular complexity index is 1300. The lowest BCUT2D eigenvalue weighted by Crippen LogP contribution is -2.63. The quantitative estimate of drug-likeness (QED) is 0.194. The molecule has 0 unspecified atom stereocenters. The largest absolute Gasteiger partial charge is 0.456 e. The summed E-state index contributed by atoms with van der Waals surface area (Å²) in [7, 11) is 0. The minimum atomic E-state index is -1.49. The summed E-state index contributed by atoms with van der Waals surface area (Å²) >= 11 is 0. The molecule has 5 atom stereocenters. The van der Waals surface area contributed by atoms with Gasteiger partial charge in [-0.25, -0.2) is 0 Å². The smallest absolute Gasteiger partial charge is 0.305 e. The van der Waals surface area contributed by atoms with Crippen molar-refractivity contribution in [2.24, 2.45) is 0 Å². The zero-order chi connectivity index (χ0) is 31.0. The summed E-state index contributed by atoms with van der Waals surface area (Å²) < 4.78 is 34.9. The van der Waals surface area contributed by atoms with Gasteiger partial charge in [-0.15, -0.1) is 0 Å². The van der Waals surface area contributed by atoms with Gasteiger partial charge in [0.1, 0.15) is 11.7 Å². The fourth-order valence-corrected chi connectivity index (χ4v) is 5.22. The molecule has 1 saturated heterocycles. The van der Waals surface area contributed by atoms with Gasteiger partial charge in [0.25, 0.3) is 0 Å². The molecule has 10 heteroatoms. The predicted molar refractivity (Wildman–Crippen MR) is 152 cm³/mol. The maximum Gasteiger partial charge on any atom is 0.305 e. The molecule has 43 heavy (non-hydrogen) atoms. The Morgan fingerprint density at radius 1 is 0.558 bits per heavy atom. The molecule has 0 saturated carbocycles. The van der Waals surface area contributed by atoms with E-state index in [0.717, 1.165) is 37.5 Å². The van der Waals surface area contributed by atoms with Gasteiger partial charge in [0.05, 0.1) is 6.61 Å². The molecule has 0 bridgehead atoms. The molecule has 0 amide bonds. The second kappa shape index (κ2) is 14.1. The highest BCUT2D eigenvalue weighted by atomic mass is 16.7. The Kier molecular flexibility index (Phi) is 10.3. The fourth-order valence-electron chi connectivity index (χ4n) is 5.22. The number of carbonyl (C=O) groups excluding carboxylic acids is 4. The molecule has 1 aliphatic rings. The van der Waals surface area contributed by atoms with Crippen molar-refractivity contribution in [1.29, 1.82) is 0 Å². The van der Waals surface area contributed by atoms with Crippen LogP contribution in [0.25, 0.3) is 0 Å². The van der Waals surface area contributed by atoms with E-state index < -0.39 is 60.2 Å². The molecule has 3 aromatic rings. The van der Waals surface area contributed by atoms with Crippen LogP contribution < -0.4 is 0 Å². The number of ether oxygens (including phenoxy) is 6. The highest BCUT2D eigenvalue weighted by Crippen LogP contribution is 2.41. The molecule has 10 nitrogen and oxygen atoms in total. The van der Waals surface area contributed by atoms with Gasteiger partial charge in [0.2, 0.25) is 12.4 Å². The first-order valence-electron chi connectivity index (χ1n) is 13.8. The summed E-state index contributed by atoms with van der Waals surface area (Å²) in [6.45, 7) is 4.40. The minimum absolute atomic E-state index is 0.237. The molecule has 0 N–H and O–H groups in total. The van der Waals surface area contributed by atoms with Gasteiger partial charge < -0.3 is 28.4 Å². The lowest BCUT2D eigenvalue weighted by atomic mass is 9.80. The molecule has 0 radical (unpaired) electrons. The Hall–Kier alpha value is -4.54. The molecule has 1 fully saturated rings. The van der Waals surface area contributed by atoms with E-state index in [0.29, 0.717) is 0 Å². The second-order valence-corrected chi connectivity index (χ2v) is 9.96. The number of carbonyl (C=O) groups is 4. The second-order valence-electron chi connectivity index (χ2n) is 9.96. The van der Waals surface area contributed by atoms with Gasteiger partial charge in [0.15, 0.2) is 12.2 Å². The zero-order valence-corrected chi connectivity index (χ0v) is 24.3. The Morgan fingerprint density at radius 2 is 0.930 bits per heavy atom. The maximum absolute atomic E-state index is 12.3. The summed E-state index contributed by atoms with van der Waals surface area (Å²) in [6.07, 6.45) is -6.73. The first-order chi connectivity index (χ1) is 20.6. The van der Waals surface area contributed by atoms with E-state index >= 15 is 0 Å². The SMILES string of the molecule is CC(=O)O[C@@H]1O[C@H](COC(c2ccccc2)(c2ccccc2)c2ccccc2)[C@@H](OC(C)=O)[C@H](OC(C)=O)[C@@H]1OC(C)=O. The van der Waals surface area contributed by atoms with Gasteiger partial charge in [-0.1, -0.05) is 91.0 Å². The van der Waals surface area contributed by atoms with Crippen LogP contribution >= 0.6 is 0 Å². The predicted octanol–water partition coefficient (Wildman–Crippen LogP) is 4.08. The average Bonchev–Trinajstić information content (AvgIpc) is 2.97. The van der Waals surface area contributed by atoms with Crippen molar-refractivity contribution in [3.63, 3.8) is 0 Å². The van der Waals surface area contributed by atoms with E-state index in [4.69, 9.17) is 28.4 Å². The minimum Gasteiger partial charge on any atom is -0.456 e. The molecule has 226 valence electrons. The van der Waals surface area contributed by atoms with Gasteiger partial charge in [-0.2, -0.15) is 0 Å². The van der Waals surface area contributed by atoms with Gasteiger partial charge in [0, 0.05) is 27.7 Å². The summed E-state index contributed by atoms with van der Waals surface area (Å²) in [4.78, 5) is 48.6. The van der Waals surface area contributed by atoms with Crippen LogP contribution in [0.15, 0.2) is 91.0 Å². The van der Waals surface area contributed by atoms with Crippen LogP contribution in [0.3, 0.4) is 0 Å². The highest BCUT2D eigenvalue weighted by Gasteiger charge is 2.54. The first-order valence-corrected chi connectivity index (χ1v) is 13.8. The lowest BCUT2D eigenvalue weighted by Gasteiger charge is -2.45. The molecule has 3 aromatic carbocycles. The van der Waals surface area contributed by atoms with E-state index in [1.807, 2.05) is 91.0 Å². The third kappa shape index (κ3) is 7.46. The third-order valence-corrected chi connectivity index (χ3v) is 6.78. The van der Waals surface area contributed by atoms with Crippen molar-refractivity contribution in [3.8, 4) is 0 Å². The topological polar surface area (TPSA) is 124 Å². The fraction of sp³-hybridized carbons (Fsp3) is 0.333. The van der Waals surface area contributed by atoms with Crippen molar-refractivity contribution in [2.75, 3.05) is 6.61 Å². The number of benzene rings is 3. The number of rotatable bonds is 10. The molecule has 1 aliphatic heterocycles. The number of esters is 4. The van der Waals surface area contributed by atoms with Crippen molar-refractivity contribution in [1.82, 2.24) is 0 Å². The van der Waals surface area contributed by atoms with E-state index in [2.05, 4.69) is 0 Å². The van der Waals surface area contributed by atoms with Gasteiger partial charge >= 0.3 is 23.9 Å². The van der Waals surface area contributed by atoms with Crippen molar-refractivity contribution in [2.45, 2.75) is 64.0 Å². The summed E-state index contributed by atoms with van der Waals surface area (Å²) in [5.41, 5.74) is 1.24. The van der Waals surface area contributed by atoms with Crippen LogP contribution in [0.4, 0.5) is 0 Å².